The Morgan fingerprint density at radius 2 is 1.00 bits per heavy atom. The zero-order chi connectivity index (χ0) is 42.0. The van der Waals surface area contributed by atoms with E-state index in [1.54, 1.807) is 0 Å². The van der Waals surface area contributed by atoms with E-state index in [0.717, 1.165) is 45.3 Å². The van der Waals surface area contributed by atoms with E-state index >= 15 is 0 Å². The minimum absolute atomic E-state index is 0.104. The van der Waals surface area contributed by atoms with Crippen LogP contribution in [-0.2, 0) is 28.5 Å². The second kappa shape index (κ2) is 42.4. The van der Waals surface area contributed by atoms with Gasteiger partial charge in [0.15, 0.2) is 0 Å². The zero-order valence-corrected chi connectivity index (χ0v) is 38.6. The molecule has 0 heterocycles. The topological polar surface area (TPSA) is 97.8 Å². The predicted octanol–water partition coefficient (Wildman–Crippen LogP) is 11.5. The van der Waals surface area contributed by atoms with E-state index < -0.39 is 0 Å². The van der Waals surface area contributed by atoms with Gasteiger partial charge in [0.2, 0.25) is 0 Å². The highest BCUT2D eigenvalue weighted by atomic mass is 16.5. The maximum Gasteiger partial charge on any atom is 0.308 e. The van der Waals surface area contributed by atoms with Crippen LogP contribution in [0, 0.1) is 5.92 Å². The fraction of sp³-hybridized carbons (Fsp3) is 0.959. The number of aliphatic hydroxyl groups is 1. The number of aliphatic hydroxyl groups excluding tert-OH is 1. The van der Waals surface area contributed by atoms with Crippen molar-refractivity contribution < 1.29 is 33.6 Å². The van der Waals surface area contributed by atoms with Gasteiger partial charge in [0, 0.05) is 38.8 Å². The van der Waals surface area contributed by atoms with Crippen molar-refractivity contribution in [2.75, 3.05) is 79.0 Å². The molecule has 1 rings (SSSR count). The van der Waals surface area contributed by atoms with E-state index in [4.69, 9.17) is 18.9 Å². The molecule has 0 bridgehead atoms. The van der Waals surface area contributed by atoms with Gasteiger partial charge in [0.25, 0.3) is 0 Å². The highest BCUT2D eigenvalue weighted by Gasteiger charge is 2.22. The summed E-state index contributed by atoms with van der Waals surface area (Å²) >= 11 is 0. The van der Waals surface area contributed by atoms with Crippen molar-refractivity contribution in [2.45, 2.75) is 219 Å². The van der Waals surface area contributed by atoms with Gasteiger partial charge in [-0.2, -0.15) is 0 Å². The number of unbranched alkanes of at least 4 members (excludes halogenated alkanes) is 18. The standard InChI is InChI=1S/C49H96N2O7/c1-4-7-10-13-16-17-18-21-27-40-57-48(53)32-41-56-44-38-51(47-30-25-22-26-31-47)35-34-50(36-39-52)37-43-55-42-33-49(54)58-45-46(28-23-19-14-11-8-5-2)29-24-20-15-12-9-6-3/h46-47,52H,4-45H2,1-3H3. The van der Waals surface area contributed by atoms with Crippen molar-refractivity contribution in [3.63, 3.8) is 0 Å². The molecule has 0 radical (unpaired) electrons. The number of esters is 2. The second-order valence-corrected chi connectivity index (χ2v) is 17.3. The molecule has 0 atom stereocenters. The summed E-state index contributed by atoms with van der Waals surface area (Å²) in [5.41, 5.74) is 0. The molecule has 1 saturated carbocycles. The molecule has 0 spiro atoms. The molecule has 0 aliphatic heterocycles. The first-order valence-electron chi connectivity index (χ1n) is 25.1. The van der Waals surface area contributed by atoms with Gasteiger partial charge in [-0.25, -0.2) is 0 Å². The number of hydrogen-bond donors (Lipinski definition) is 1. The SMILES string of the molecule is CCCCCCCCCCCOC(=O)CCOCCN(CCN(CCO)CCOCCC(=O)OCC(CCCCCCCC)CCCCCCCC)C1CCCCC1. The van der Waals surface area contributed by atoms with Crippen LogP contribution in [0.5, 0.6) is 0 Å². The van der Waals surface area contributed by atoms with Gasteiger partial charge in [0.05, 0.1) is 59.1 Å². The van der Waals surface area contributed by atoms with Gasteiger partial charge in [0.1, 0.15) is 0 Å². The summed E-state index contributed by atoms with van der Waals surface area (Å²) in [7, 11) is 0. The summed E-state index contributed by atoms with van der Waals surface area (Å²) in [6.07, 6.45) is 36.0. The first-order chi connectivity index (χ1) is 28.5. The summed E-state index contributed by atoms with van der Waals surface area (Å²) in [4.78, 5) is 29.7. The average molecular weight is 825 g/mol. The highest BCUT2D eigenvalue weighted by Crippen LogP contribution is 2.23. The van der Waals surface area contributed by atoms with E-state index in [0.29, 0.717) is 71.1 Å². The molecule has 344 valence electrons. The Hall–Kier alpha value is -1.26. The highest BCUT2D eigenvalue weighted by molar-refractivity contribution is 5.69. The van der Waals surface area contributed by atoms with Crippen LogP contribution < -0.4 is 0 Å². The molecule has 0 saturated heterocycles. The Labute approximate surface area is 358 Å². The Morgan fingerprint density at radius 3 is 1.53 bits per heavy atom. The van der Waals surface area contributed by atoms with Crippen molar-refractivity contribution in [3.8, 4) is 0 Å². The molecule has 0 aromatic heterocycles. The van der Waals surface area contributed by atoms with Gasteiger partial charge in [-0.1, -0.05) is 168 Å². The van der Waals surface area contributed by atoms with Crippen LogP contribution in [0.3, 0.4) is 0 Å². The molecule has 0 aromatic rings. The normalized spacial score (nSPS) is 13.6. The molecule has 58 heavy (non-hydrogen) atoms. The first-order valence-corrected chi connectivity index (χ1v) is 25.1. The summed E-state index contributed by atoms with van der Waals surface area (Å²) in [5, 5.41) is 9.80. The number of carbonyl (C=O) groups is 2. The van der Waals surface area contributed by atoms with Crippen molar-refractivity contribution in [2.24, 2.45) is 5.92 Å². The van der Waals surface area contributed by atoms with E-state index in [9.17, 15) is 14.7 Å². The molecule has 0 amide bonds. The smallest absolute Gasteiger partial charge is 0.308 e. The largest absolute Gasteiger partial charge is 0.466 e. The minimum Gasteiger partial charge on any atom is -0.466 e. The molecule has 1 N–H and O–H groups in total. The summed E-state index contributed by atoms with van der Waals surface area (Å²) in [5.74, 6) is 0.157. The van der Waals surface area contributed by atoms with Gasteiger partial charge < -0.3 is 24.1 Å². The van der Waals surface area contributed by atoms with Crippen LogP contribution in [0.2, 0.25) is 0 Å². The lowest BCUT2D eigenvalue weighted by atomic mass is 9.94. The van der Waals surface area contributed by atoms with E-state index in [1.807, 2.05) is 0 Å². The lowest BCUT2D eigenvalue weighted by Crippen LogP contribution is -2.44. The van der Waals surface area contributed by atoms with Gasteiger partial charge in [-0.3, -0.25) is 19.4 Å². The van der Waals surface area contributed by atoms with Crippen LogP contribution in [0.15, 0.2) is 0 Å². The van der Waals surface area contributed by atoms with Crippen LogP contribution in [0.1, 0.15) is 213 Å². The molecule has 1 aliphatic carbocycles. The maximum absolute atomic E-state index is 12.7. The molecule has 9 nitrogen and oxygen atoms in total. The molecule has 0 aromatic carbocycles. The molecular formula is C49H96N2O7. The Kier molecular flexibility index (Phi) is 40.1. The van der Waals surface area contributed by atoms with Gasteiger partial charge >= 0.3 is 11.9 Å². The molecule has 1 aliphatic rings. The zero-order valence-electron chi connectivity index (χ0n) is 38.6. The van der Waals surface area contributed by atoms with Gasteiger partial charge in [-0.05, 0) is 38.0 Å². The third-order valence-corrected chi connectivity index (χ3v) is 12.1. The molecule has 9 heteroatoms. The van der Waals surface area contributed by atoms with Crippen molar-refractivity contribution in [1.82, 2.24) is 9.80 Å². The predicted molar refractivity (Wildman–Crippen MR) is 241 cm³/mol. The average Bonchev–Trinajstić information content (AvgIpc) is 3.23. The van der Waals surface area contributed by atoms with E-state index in [-0.39, 0.29) is 25.0 Å². The van der Waals surface area contributed by atoms with E-state index in [2.05, 4.69) is 30.6 Å². The van der Waals surface area contributed by atoms with Crippen LogP contribution in [-0.4, -0.2) is 112 Å². The lowest BCUT2D eigenvalue weighted by Gasteiger charge is -2.35. The summed E-state index contributed by atoms with van der Waals surface area (Å²) < 4.78 is 23.1. The van der Waals surface area contributed by atoms with Crippen molar-refractivity contribution in [3.05, 3.63) is 0 Å². The van der Waals surface area contributed by atoms with Crippen LogP contribution >= 0.6 is 0 Å². The van der Waals surface area contributed by atoms with Crippen LogP contribution in [0.25, 0.3) is 0 Å². The van der Waals surface area contributed by atoms with Crippen molar-refractivity contribution in [1.29, 1.82) is 0 Å². The quantitative estimate of drug-likeness (QED) is 0.0476. The molecule has 0 unspecified atom stereocenters. The Balaban J connectivity index is 2.33. The monoisotopic (exact) mass is 825 g/mol. The third kappa shape index (κ3) is 34.5. The van der Waals surface area contributed by atoms with Crippen molar-refractivity contribution >= 4 is 11.9 Å². The van der Waals surface area contributed by atoms with Gasteiger partial charge in [-0.15, -0.1) is 0 Å². The van der Waals surface area contributed by atoms with E-state index in [1.165, 1.54) is 154 Å². The number of nitrogens with zero attached hydrogens (tertiary/aromatic N) is 2. The molecular weight excluding hydrogens is 729 g/mol. The number of carbonyl (C=O) groups excluding carboxylic acids is 2. The second-order valence-electron chi connectivity index (χ2n) is 17.3. The fourth-order valence-electron chi connectivity index (χ4n) is 8.25. The maximum atomic E-state index is 12.7. The number of hydrogen-bond acceptors (Lipinski definition) is 9. The van der Waals surface area contributed by atoms with Crippen LogP contribution in [0.4, 0.5) is 0 Å². The Morgan fingerprint density at radius 1 is 0.517 bits per heavy atom. The summed E-state index contributed by atoms with van der Waals surface area (Å²) in [6, 6.07) is 0.549. The lowest BCUT2D eigenvalue weighted by molar-refractivity contribution is -0.147. The number of ether oxygens (including phenoxy) is 4. The third-order valence-electron chi connectivity index (χ3n) is 12.1. The minimum atomic E-state index is -0.159. The Bertz CT molecular complexity index is 871. The summed E-state index contributed by atoms with van der Waals surface area (Å²) in [6.45, 7) is 13.7. The molecule has 1 fully saturated rings. The first kappa shape index (κ1) is 54.8. The number of rotatable bonds is 44. The fourth-order valence-corrected chi connectivity index (χ4v) is 8.25.